The molecular formula is C14H27NS. The molecule has 94 valence electrons. The van der Waals surface area contributed by atoms with Gasteiger partial charge < -0.3 is 5.32 Å². The lowest BCUT2D eigenvalue weighted by atomic mass is 9.94. The van der Waals surface area contributed by atoms with Crippen LogP contribution in [0.5, 0.6) is 0 Å². The summed E-state index contributed by atoms with van der Waals surface area (Å²) in [5, 5.41) is 3.67. The van der Waals surface area contributed by atoms with E-state index in [9.17, 15) is 0 Å². The highest BCUT2D eigenvalue weighted by molar-refractivity contribution is 7.99. The summed E-state index contributed by atoms with van der Waals surface area (Å²) in [5.41, 5.74) is 0. The Bertz CT molecular complexity index is 201. The number of allylic oxidation sites excluding steroid dienone is 2. The summed E-state index contributed by atoms with van der Waals surface area (Å²) in [6.45, 7) is 8.10. The highest BCUT2D eigenvalue weighted by Gasteiger charge is 2.11. The molecular weight excluding hydrogens is 214 g/mol. The van der Waals surface area contributed by atoms with Crippen molar-refractivity contribution in [3.63, 3.8) is 0 Å². The molecule has 0 aromatic carbocycles. The molecule has 1 nitrogen and oxygen atoms in total. The van der Waals surface area contributed by atoms with E-state index < -0.39 is 0 Å². The van der Waals surface area contributed by atoms with Crippen LogP contribution in [-0.2, 0) is 0 Å². The third-order valence-electron chi connectivity index (χ3n) is 2.95. The predicted molar refractivity (Wildman–Crippen MR) is 76.1 cm³/mol. The van der Waals surface area contributed by atoms with E-state index in [4.69, 9.17) is 0 Å². The topological polar surface area (TPSA) is 12.0 Å². The maximum Gasteiger partial charge on any atom is 0.0130 e. The Labute approximate surface area is 105 Å². The van der Waals surface area contributed by atoms with E-state index in [1.165, 1.54) is 37.3 Å². The van der Waals surface area contributed by atoms with Gasteiger partial charge in [0, 0.05) is 11.8 Å². The molecule has 0 radical (unpaired) electrons. The molecule has 0 aromatic heterocycles. The first-order chi connectivity index (χ1) is 7.68. The second-order valence-corrected chi connectivity index (χ2v) is 6.47. The zero-order chi connectivity index (χ0) is 11.8. The second-order valence-electron chi connectivity index (χ2n) is 5.39. The number of rotatable bonds is 7. The van der Waals surface area contributed by atoms with Gasteiger partial charge in [-0.25, -0.2) is 0 Å². The van der Waals surface area contributed by atoms with Crippen LogP contribution in [0.2, 0.25) is 0 Å². The van der Waals surface area contributed by atoms with Gasteiger partial charge in [0.15, 0.2) is 0 Å². The first-order valence-corrected chi connectivity index (χ1v) is 7.80. The molecule has 0 spiro atoms. The quantitative estimate of drug-likeness (QED) is 0.682. The summed E-state index contributed by atoms with van der Waals surface area (Å²) in [6.07, 6.45) is 8.59. The zero-order valence-corrected chi connectivity index (χ0v) is 11.9. The van der Waals surface area contributed by atoms with Crippen molar-refractivity contribution in [1.29, 1.82) is 0 Å². The molecule has 1 rings (SSSR count). The van der Waals surface area contributed by atoms with Crippen molar-refractivity contribution in [2.24, 2.45) is 11.8 Å². The fourth-order valence-electron chi connectivity index (χ4n) is 1.95. The van der Waals surface area contributed by atoms with Gasteiger partial charge in [-0.2, -0.15) is 11.8 Å². The molecule has 1 aliphatic rings. The average Bonchev–Trinajstić information content (AvgIpc) is 2.27. The molecule has 16 heavy (non-hydrogen) atoms. The molecule has 2 heteroatoms. The molecule has 0 heterocycles. The van der Waals surface area contributed by atoms with Gasteiger partial charge in [0.1, 0.15) is 0 Å². The van der Waals surface area contributed by atoms with E-state index in [1.54, 1.807) is 0 Å². The maximum absolute atomic E-state index is 3.67. The summed E-state index contributed by atoms with van der Waals surface area (Å²) in [4.78, 5) is 0. The van der Waals surface area contributed by atoms with Gasteiger partial charge >= 0.3 is 0 Å². The van der Waals surface area contributed by atoms with Gasteiger partial charge in [-0.3, -0.25) is 0 Å². The second kappa shape index (κ2) is 8.19. The first-order valence-electron chi connectivity index (χ1n) is 6.64. The Morgan fingerprint density at radius 1 is 1.25 bits per heavy atom. The van der Waals surface area contributed by atoms with E-state index in [0.29, 0.717) is 6.04 Å². The molecule has 0 bridgehead atoms. The van der Waals surface area contributed by atoms with Crippen LogP contribution in [0, 0.1) is 11.8 Å². The van der Waals surface area contributed by atoms with E-state index in [2.05, 4.69) is 50.0 Å². The van der Waals surface area contributed by atoms with Crippen molar-refractivity contribution in [1.82, 2.24) is 5.32 Å². The lowest BCUT2D eigenvalue weighted by Gasteiger charge is -2.21. The van der Waals surface area contributed by atoms with Crippen LogP contribution in [0.3, 0.4) is 0 Å². The molecule has 0 saturated heterocycles. The third-order valence-corrected chi connectivity index (χ3v) is 4.59. The summed E-state index contributed by atoms with van der Waals surface area (Å²) < 4.78 is 0. The smallest absolute Gasteiger partial charge is 0.0130 e. The summed E-state index contributed by atoms with van der Waals surface area (Å²) in [7, 11) is 0. The maximum atomic E-state index is 3.67. The number of hydrogen-bond acceptors (Lipinski definition) is 2. The molecule has 0 aromatic rings. The molecule has 0 fully saturated rings. The van der Waals surface area contributed by atoms with Crippen molar-refractivity contribution in [3.05, 3.63) is 12.2 Å². The predicted octanol–water partition coefficient (Wildman–Crippen LogP) is 3.71. The normalized spacial score (nSPS) is 22.6. The Morgan fingerprint density at radius 3 is 2.69 bits per heavy atom. The van der Waals surface area contributed by atoms with Crippen LogP contribution >= 0.6 is 11.8 Å². The minimum absolute atomic E-state index is 0.662. The van der Waals surface area contributed by atoms with Gasteiger partial charge in [0.05, 0.1) is 0 Å². The monoisotopic (exact) mass is 241 g/mol. The van der Waals surface area contributed by atoms with Crippen LogP contribution < -0.4 is 5.32 Å². The average molecular weight is 241 g/mol. The van der Waals surface area contributed by atoms with Gasteiger partial charge in [-0.05, 0) is 50.3 Å². The van der Waals surface area contributed by atoms with Crippen molar-refractivity contribution < 1.29 is 0 Å². The molecule has 1 N–H and O–H groups in total. The van der Waals surface area contributed by atoms with Crippen LogP contribution in [0.15, 0.2) is 12.2 Å². The van der Waals surface area contributed by atoms with Crippen LogP contribution in [0.25, 0.3) is 0 Å². The van der Waals surface area contributed by atoms with Crippen LogP contribution in [0.4, 0.5) is 0 Å². The van der Waals surface area contributed by atoms with E-state index in [1.807, 2.05) is 0 Å². The largest absolute Gasteiger partial charge is 0.313 e. The minimum atomic E-state index is 0.662. The van der Waals surface area contributed by atoms with Crippen molar-refractivity contribution >= 4 is 11.8 Å². The Balaban J connectivity index is 2.01. The number of nitrogens with one attached hydrogen (secondary N) is 1. The van der Waals surface area contributed by atoms with Crippen LogP contribution in [0.1, 0.15) is 40.0 Å². The fourth-order valence-corrected chi connectivity index (χ4v) is 3.03. The molecule has 0 amide bonds. The van der Waals surface area contributed by atoms with Crippen molar-refractivity contribution in [3.8, 4) is 0 Å². The Morgan fingerprint density at radius 2 is 2.06 bits per heavy atom. The highest BCUT2D eigenvalue weighted by atomic mass is 32.2. The lowest BCUT2D eigenvalue weighted by molar-refractivity contribution is 0.422. The van der Waals surface area contributed by atoms with Gasteiger partial charge in [-0.15, -0.1) is 0 Å². The van der Waals surface area contributed by atoms with Crippen LogP contribution in [-0.4, -0.2) is 24.1 Å². The highest BCUT2D eigenvalue weighted by Crippen LogP contribution is 2.17. The zero-order valence-electron chi connectivity index (χ0n) is 11.0. The van der Waals surface area contributed by atoms with Gasteiger partial charge in [-0.1, -0.05) is 26.0 Å². The van der Waals surface area contributed by atoms with Crippen molar-refractivity contribution in [2.75, 3.05) is 18.1 Å². The van der Waals surface area contributed by atoms with Gasteiger partial charge in [0.25, 0.3) is 0 Å². The Hall–Kier alpha value is 0.0500. The molecule has 2 unspecified atom stereocenters. The summed E-state index contributed by atoms with van der Waals surface area (Å²) in [5.74, 6) is 4.24. The molecule has 1 aliphatic carbocycles. The number of thioether (sulfide) groups is 1. The van der Waals surface area contributed by atoms with Gasteiger partial charge in [0.2, 0.25) is 0 Å². The minimum Gasteiger partial charge on any atom is -0.313 e. The lowest BCUT2D eigenvalue weighted by Crippen LogP contribution is -2.33. The summed E-state index contributed by atoms with van der Waals surface area (Å²) in [6, 6.07) is 0.662. The molecule has 2 atom stereocenters. The fraction of sp³-hybridized carbons (Fsp3) is 0.857. The van der Waals surface area contributed by atoms with E-state index >= 15 is 0 Å². The first kappa shape index (κ1) is 14.1. The number of hydrogen-bond donors (Lipinski definition) is 1. The standard InChI is InChI=1S/C14H27NS/c1-12(2)10-16-11-13(3)15-9-14-7-5-4-6-8-14/h4-5,12-15H,6-11H2,1-3H3. The van der Waals surface area contributed by atoms with Crippen molar-refractivity contribution in [2.45, 2.75) is 46.1 Å². The summed E-state index contributed by atoms with van der Waals surface area (Å²) >= 11 is 2.08. The van der Waals surface area contributed by atoms with E-state index in [0.717, 1.165) is 11.8 Å². The molecule has 0 saturated carbocycles. The third kappa shape index (κ3) is 6.59. The van der Waals surface area contributed by atoms with E-state index in [-0.39, 0.29) is 0 Å². The SMILES string of the molecule is CC(C)CSCC(C)NCC1CC=CCC1. The molecule has 0 aliphatic heterocycles. The Kier molecular flexibility index (Phi) is 7.22.